The summed E-state index contributed by atoms with van der Waals surface area (Å²) in [5.74, 6) is 0.852. The van der Waals surface area contributed by atoms with Crippen LogP contribution in [0, 0.1) is 0 Å². The molecule has 2 aromatic heterocycles. The molecule has 28 heavy (non-hydrogen) atoms. The van der Waals surface area contributed by atoms with Gasteiger partial charge >= 0.3 is 0 Å². The highest BCUT2D eigenvalue weighted by Crippen LogP contribution is 2.23. The highest BCUT2D eigenvalue weighted by Gasteiger charge is 2.30. The summed E-state index contributed by atoms with van der Waals surface area (Å²) in [4.78, 5) is 29.2. The number of carbonyl (C=O) groups is 2. The Morgan fingerprint density at radius 3 is 2.68 bits per heavy atom. The van der Waals surface area contributed by atoms with Crippen LogP contribution in [0.5, 0.6) is 0 Å². The van der Waals surface area contributed by atoms with E-state index in [4.69, 9.17) is 4.74 Å². The Hall–Kier alpha value is -2.78. The number of carbonyl (C=O) groups excluding carboxylic acids is 2. The highest BCUT2D eigenvalue weighted by atomic mass is 32.1. The summed E-state index contributed by atoms with van der Waals surface area (Å²) in [7, 11) is 0. The molecule has 0 N–H and O–H groups in total. The molecule has 0 radical (unpaired) electrons. The van der Waals surface area contributed by atoms with Crippen molar-refractivity contribution < 1.29 is 14.3 Å². The molecule has 0 aliphatic carbocycles. The fourth-order valence-electron chi connectivity index (χ4n) is 3.68. The third-order valence-corrected chi connectivity index (χ3v) is 6.13. The number of nitrogens with zero attached hydrogens (tertiary/aromatic N) is 5. The normalized spacial score (nSPS) is 17.0. The summed E-state index contributed by atoms with van der Waals surface area (Å²) in [6, 6.07) is 7.81. The van der Waals surface area contributed by atoms with E-state index in [1.807, 2.05) is 34.2 Å². The lowest BCUT2D eigenvalue weighted by Crippen LogP contribution is -2.43. The fraction of sp³-hybridized carbons (Fsp3) is 0.368. The van der Waals surface area contributed by atoms with Crippen molar-refractivity contribution in [2.45, 2.75) is 13.1 Å². The average molecular weight is 397 g/mol. The standard InChI is InChI=1S/C19H19N5O3S/c25-18(14-1-2-15-13(11-14)3-10-28-15)23-4-5-24-16(12-23)20-21-17(24)19(26)22-6-8-27-9-7-22/h1-3,10-11H,4-9,12H2. The largest absolute Gasteiger partial charge is 0.378 e. The number of hydrogen-bond donors (Lipinski definition) is 0. The van der Waals surface area contributed by atoms with Crippen molar-refractivity contribution in [3.05, 3.63) is 46.9 Å². The number of benzene rings is 1. The maximum absolute atomic E-state index is 12.9. The zero-order valence-corrected chi connectivity index (χ0v) is 16.0. The van der Waals surface area contributed by atoms with E-state index in [0.717, 1.165) is 5.39 Å². The van der Waals surface area contributed by atoms with E-state index in [0.29, 0.717) is 63.1 Å². The summed E-state index contributed by atoms with van der Waals surface area (Å²) in [6.45, 7) is 3.61. The van der Waals surface area contributed by atoms with Gasteiger partial charge in [-0.2, -0.15) is 0 Å². The SMILES string of the molecule is O=C(c1ccc2sccc2c1)N1CCn2c(nnc2C(=O)N2CCOCC2)C1. The molecule has 0 atom stereocenters. The van der Waals surface area contributed by atoms with Gasteiger partial charge in [-0.25, -0.2) is 0 Å². The van der Waals surface area contributed by atoms with Crippen LogP contribution in [0.3, 0.4) is 0 Å². The molecule has 2 aliphatic heterocycles. The Kier molecular flexibility index (Phi) is 4.33. The Bertz CT molecular complexity index is 1050. The minimum atomic E-state index is -0.121. The van der Waals surface area contributed by atoms with Crippen molar-refractivity contribution in [3.63, 3.8) is 0 Å². The van der Waals surface area contributed by atoms with E-state index < -0.39 is 0 Å². The zero-order valence-electron chi connectivity index (χ0n) is 15.2. The van der Waals surface area contributed by atoms with Crippen LogP contribution in [0.1, 0.15) is 26.8 Å². The van der Waals surface area contributed by atoms with Gasteiger partial charge in [0.2, 0.25) is 5.82 Å². The van der Waals surface area contributed by atoms with Crippen molar-refractivity contribution >= 4 is 33.2 Å². The van der Waals surface area contributed by atoms with Crippen LogP contribution in [0.2, 0.25) is 0 Å². The smallest absolute Gasteiger partial charge is 0.291 e. The van der Waals surface area contributed by atoms with Gasteiger partial charge in [-0.1, -0.05) is 0 Å². The molecule has 4 heterocycles. The number of hydrogen-bond acceptors (Lipinski definition) is 6. The number of aromatic nitrogens is 3. The zero-order chi connectivity index (χ0) is 19.1. The molecule has 5 rings (SSSR count). The third kappa shape index (κ3) is 2.96. The second-order valence-corrected chi connectivity index (χ2v) is 7.84. The van der Waals surface area contributed by atoms with E-state index in [1.165, 1.54) is 4.70 Å². The number of thiophene rings is 1. The number of rotatable bonds is 2. The molecule has 8 nitrogen and oxygen atoms in total. The minimum Gasteiger partial charge on any atom is -0.378 e. The molecule has 2 amide bonds. The molecular weight excluding hydrogens is 378 g/mol. The highest BCUT2D eigenvalue weighted by molar-refractivity contribution is 7.17. The van der Waals surface area contributed by atoms with Crippen molar-refractivity contribution in [1.82, 2.24) is 24.6 Å². The van der Waals surface area contributed by atoms with Gasteiger partial charge in [-0.3, -0.25) is 9.59 Å². The third-order valence-electron chi connectivity index (χ3n) is 5.23. The predicted octanol–water partition coefficient (Wildman–Crippen LogP) is 1.62. The van der Waals surface area contributed by atoms with Crippen LogP contribution < -0.4 is 0 Å². The van der Waals surface area contributed by atoms with Crippen molar-refractivity contribution in [2.75, 3.05) is 32.8 Å². The molecule has 0 spiro atoms. The molecule has 1 fully saturated rings. The molecule has 3 aromatic rings. The summed E-state index contributed by atoms with van der Waals surface area (Å²) in [5.41, 5.74) is 0.670. The monoisotopic (exact) mass is 397 g/mol. The first-order chi connectivity index (χ1) is 13.7. The Labute approximate surface area is 165 Å². The Morgan fingerprint density at radius 2 is 1.82 bits per heavy atom. The van der Waals surface area contributed by atoms with Gasteiger partial charge in [0, 0.05) is 36.4 Å². The van der Waals surface area contributed by atoms with Crippen LogP contribution in [-0.2, 0) is 17.8 Å². The molecule has 0 bridgehead atoms. The lowest BCUT2D eigenvalue weighted by atomic mass is 10.1. The maximum Gasteiger partial charge on any atom is 0.291 e. The van der Waals surface area contributed by atoms with Crippen molar-refractivity contribution in [2.24, 2.45) is 0 Å². The topological polar surface area (TPSA) is 80.6 Å². The average Bonchev–Trinajstić information content (AvgIpc) is 3.39. The summed E-state index contributed by atoms with van der Waals surface area (Å²) >= 11 is 1.66. The van der Waals surface area contributed by atoms with E-state index in [-0.39, 0.29) is 11.8 Å². The second kappa shape index (κ2) is 6.99. The predicted molar refractivity (Wildman–Crippen MR) is 103 cm³/mol. The van der Waals surface area contributed by atoms with Crippen LogP contribution in [0.25, 0.3) is 10.1 Å². The summed E-state index contributed by atoms with van der Waals surface area (Å²) in [6.07, 6.45) is 0. The van der Waals surface area contributed by atoms with Crippen LogP contribution in [-0.4, -0.2) is 69.2 Å². The van der Waals surface area contributed by atoms with Gasteiger partial charge in [0.05, 0.1) is 19.8 Å². The lowest BCUT2D eigenvalue weighted by molar-refractivity contribution is 0.0289. The number of ether oxygens (including phenoxy) is 1. The lowest BCUT2D eigenvalue weighted by Gasteiger charge is -2.29. The quantitative estimate of drug-likeness (QED) is 0.657. The first-order valence-corrected chi connectivity index (χ1v) is 10.1. The molecule has 144 valence electrons. The van der Waals surface area contributed by atoms with E-state index in [1.54, 1.807) is 21.1 Å². The molecule has 9 heteroatoms. The first-order valence-electron chi connectivity index (χ1n) is 9.26. The summed E-state index contributed by atoms with van der Waals surface area (Å²) in [5, 5.41) is 11.4. The van der Waals surface area contributed by atoms with Gasteiger partial charge in [0.25, 0.3) is 11.8 Å². The van der Waals surface area contributed by atoms with Gasteiger partial charge in [-0.15, -0.1) is 21.5 Å². The first kappa shape index (κ1) is 17.3. The molecule has 1 aromatic carbocycles. The van der Waals surface area contributed by atoms with Crippen molar-refractivity contribution in [3.8, 4) is 0 Å². The molecule has 1 saturated heterocycles. The van der Waals surface area contributed by atoms with Crippen molar-refractivity contribution in [1.29, 1.82) is 0 Å². The Morgan fingerprint density at radius 1 is 0.964 bits per heavy atom. The Balaban J connectivity index is 1.34. The summed E-state index contributed by atoms with van der Waals surface area (Å²) < 4.78 is 8.31. The van der Waals surface area contributed by atoms with E-state index in [9.17, 15) is 9.59 Å². The molecular formula is C19H19N5O3S. The minimum absolute atomic E-state index is 0.0246. The number of amides is 2. The molecule has 2 aliphatic rings. The van der Waals surface area contributed by atoms with Gasteiger partial charge in [-0.05, 0) is 35.0 Å². The molecule has 0 unspecified atom stereocenters. The van der Waals surface area contributed by atoms with Gasteiger partial charge in [0.15, 0.2) is 5.82 Å². The van der Waals surface area contributed by atoms with E-state index >= 15 is 0 Å². The van der Waals surface area contributed by atoms with Crippen LogP contribution in [0.15, 0.2) is 29.6 Å². The number of morpholine rings is 1. The van der Waals surface area contributed by atoms with Crippen LogP contribution >= 0.6 is 11.3 Å². The number of fused-ring (bicyclic) bond motifs is 2. The van der Waals surface area contributed by atoms with Gasteiger partial charge < -0.3 is 19.1 Å². The second-order valence-electron chi connectivity index (χ2n) is 6.90. The van der Waals surface area contributed by atoms with Gasteiger partial charge in [0.1, 0.15) is 0 Å². The van der Waals surface area contributed by atoms with E-state index in [2.05, 4.69) is 10.2 Å². The maximum atomic E-state index is 12.9. The molecule has 0 saturated carbocycles. The fourth-order valence-corrected chi connectivity index (χ4v) is 4.45. The van der Waals surface area contributed by atoms with Crippen LogP contribution in [0.4, 0.5) is 0 Å².